The molecule has 1 saturated heterocycles. The van der Waals surface area contributed by atoms with Crippen LogP contribution in [0.2, 0.25) is 0 Å². The van der Waals surface area contributed by atoms with Gasteiger partial charge in [-0.15, -0.1) is 0 Å². The second-order valence-electron chi connectivity index (χ2n) is 8.41. The number of alkyl halides is 1. The Labute approximate surface area is 193 Å². The minimum Gasteiger partial charge on any atom is -0.338 e. The highest BCUT2D eigenvalue weighted by Gasteiger charge is 2.30. The number of benzene rings is 1. The first-order chi connectivity index (χ1) is 15.6. The average Bonchev–Trinajstić information content (AvgIpc) is 2.96. The molecule has 4 rings (SSSR count). The van der Waals surface area contributed by atoms with Gasteiger partial charge in [-0.05, 0) is 75.0 Å². The van der Waals surface area contributed by atoms with Gasteiger partial charge >= 0.3 is 0 Å². The zero-order valence-electron chi connectivity index (χ0n) is 18.4. The number of Topliss-reactive ketones (excluding diaryl/α,β-unsaturated/α-hetero) is 1. The number of hydrogen-bond donors (Lipinski definition) is 3. The largest absolute Gasteiger partial charge is 0.338 e. The number of rotatable bonds is 8. The second-order valence-corrected chi connectivity index (χ2v) is 8.83. The number of halogens is 1. The monoisotopic (exact) mass is 455 g/mol. The van der Waals surface area contributed by atoms with Gasteiger partial charge < -0.3 is 16.0 Å². The van der Waals surface area contributed by atoms with Crippen molar-refractivity contribution in [2.24, 2.45) is 5.92 Å². The average molecular weight is 456 g/mol. The first-order valence-corrected chi connectivity index (χ1v) is 11.8. The third kappa shape index (κ3) is 5.11. The molecule has 2 aliphatic heterocycles. The molecule has 1 fully saturated rings. The Bertz CT molecular complexity index is 975. The number of likely N-dealkylation sites (tertiary alicyclic amines) is 1. The number of amides is 1. The first kappa shape index (κ1) is 22.7. The van der Waals surface area contributed by atoms with Gasteiger partial charge in [0.25, 0.3) is 5.91 Å². The van der Waals surface area contributed by atoms with Crippen LogP contribution in [0.4, 0.5) is 17.2 Å². The molecule has 1 unspecified atom stereocenters. The number of hydrogen-bond acceptors (Lipinski definition) is 6. The highest BCUT2D eigenvalue weighted by atomic mass is 35.5. The van der Waals surface area contributed by atoms with E-state index in [2.05, 4.69) is 32.8 Å². The number of ketones is 1. The summed E-state index contributed by atoms with van der Waals surface area (Å²) in [5, 5.41) is 9.38. The van der Waals surface area contributed by atoms with Crippen LogP contribution in [-0.2, 0) is 0 Å². The number of anilines is 3. The lowest BCUT2D eigenvalue weighted by Gasteiger charge is -2.34. The molecule has 2 aliphatic rings. The van der Waals surface area contributed by atoms with Crippen LogP contribution < -0.4 is 16.0 Å². The maximum Gasteiger partial charge on any atom is 0.257 e. The van der Waals surface area contributed by atoms with Crippen molar-refractivity contribution >= 4 is 40.5 Å². The Morgan fingerprint density at radius 1 is 1.25 bits per heavy atom. The van der Waals surface area contributed by atoms with Gasteiger partial charge in [0.15, 0.2) is 11.6 Å². The zero-order chi connectivity index (χ0) is 22.5. The van der Waals surface area contributed by atoms with Crippen LogP contribution in [0.25, 0.3) is 0 Å². The standard InChI is InChI=1S/C24H30ClN5O2/c1-2-26-11-3-5-16-9-13-30(14-10-16)22(25)21(31)17-7-8-19-18(15-17)24(32)29-20-6-4-12-27-23(20)28-19/h4,6-8,12,15-16,22,26H,2-3,5,9-11,13-14H2,1H3,(H,27,28)(H,29,32). The summed E-state index contributed by atoms with van der Waals surface area (Å²) in [4.78, 5) is 32.2. The number of piperidine rings is 1. The third-order valence-electron chi connectivity index (χ3n) is 6.26. The predicted molar refractivity (Wildman–Crippen MR) is 128 cm³/mol. The van der Waals surface area contributed by atoms with E-state index < -0.39 is 5.50 Å². The van der Waals surface area contributed by atoms with E-state index in [1.54, 1.807) is 36.5 Å². The Hall–Kier alpha value is -2.48. The number of fused-ring (bicyclic) bond motifs is 2. The lowest BCUT2D eigenvalue weighted by atomic mass is 9.92. The molecule has 0 bridgehead atoms. The molecule has 8 heteroatoms. The van der Waals surface area contributed by atoms with Gasteiger partial charge in [-0.25, -0.2) is 4.98 Å². The Kier molecular flexibility index (Phi) is 7.40. The van der Waals surface area contributed by atoms with E-state index in [1.807, 2.05) is 0 Å². The van der Waals surface area contributed by atoms with Gasteiger partial charge in [0.1, 0.15) is 5.50 Å². The molecule has 0 radical (unpaired) electrons. The molecule has 3 heterocycles. The summed E-state index contributed by atoms with van der Waals surface area (Å²) in [5.74, 6) is 0.815. The van der Waals surface area contributed by atoms with Crippen LogP contribution >= 0.6 is 11.6 Å². The summed E-state index contributed by atoms with van der Waals surface area (Å²) in [6, 6.07) is 8.62. The summed E-state index contributed by atoms with van der Waals surface area (Å²) in [7, 11) is 0. The molecule has 1 amide bonds. The fraction of sp³-hybridized carbons (Fsp3) is 0.458. The van der Waals surface area contributed by atoms with Crippen LogP contribution in [0.5, 0.6) is 0 Å². The number of carbonyl (C=O) groups is 2. The smallest absolute Gasteiger partial charge is 0.257 e. The summed E-state index contributed by atoms with van der Waals surface area (Å²) >= 11 is 6.60. The molecular formula is C24H30ClN5O2. The normalized spacial score (nSPS) is 17.5. The highest BCUT2D eigenvalue weighted by molar-refractivity contribution is 6.33. The Morgan fingerprint density at radius 2 is 2.06 bits per heavy atom. The van der Waals surface area contributed by atoms with E-state index in [0.717, 1.165) is 39.0 Å². The third-order valence-corrected chi connectivity index (χ3v) is 6.73. The van der Waals surface area contributed by atoms with Crippen LogP contribution in [-0.4, -0.2) is 53.3 Å². The van der Waals surface area contributed by atoms with Crippen LogP contribution in [0.3, 0.4) is 0 Å². The van der Waals surface area contributed by atoms with Crippen molar-refractivity contribution in [3.8, 4) is 0 Å². The van der Waals surface area contributed by atoms with Gasteiger partial charge in [-0.1, -0.05) is 18.5 Å². The molecule has 32 heavy (non-hydrogen) atoms. The molecule has 3 N–H and O–H groups in total. The lowest BCUT2D eigenvalue weighted by Crippen LogP contribution is -2.42. The molecule has 0 saturated carbocycles. The number of nitrogens with zero attached hydrogens (tertiary/aromatic N) is 2. The second kappa shape index (κ2) is 10.4. The minimum atomic E-state index is -0.726. The van der Waals surface area contributed by atoms with Crippen molar-refractivity contribution in [3.63, 3.8) is 0 Å². The zero-order valence-corrected chi connectivity index (χ0v) is 19.1. The van der Waals surface area contributed by atoms with E-state index in [-0.39, 0.29) is 11.7 Å². The maximum atomic E-state index is 13.1. The topological polar surface area (TPSA) is 86.4 Å². The molecular weight excluding hydrogens is 426 g/mol. The van der Waals surface area contributed by atoms with E-state index in [4.69, 9.17) is 11.6 Å². The van der Waals surface area contributed by atoms with Crippen molar-refractivity contribution in [3.05, 3.63) is 47.7 Å². The number of pyridine rings is 1. The Morgan fingerprint density at radius 3 is 2.84 bits per heavy atom. The number of nitrogens with one attached hydrogen (secondary N) is 3. The van der Waals surface area contributed by atoms with E-state index >= 15 is 0 Å². The van der Waals surface area contributed by atoms with Crippen LogP contribution in [0.15, 0.2) is 36.5 Å². The van der Waals surface area contributed by atoms with Gasteiger partial charge in [-0.2, -0.15) is 0 Å². The van der Waals surface area contributed by atoms with Crippen LogP contribution in [0, 0.1) is 5.92 Å². The maximum absolute atomic E-state index is 13.1. The fourth-order valence-corrected chi connectivity index (χ4v) is 4.70. The summed E-state index contributed by atoms with van der Waals surface area (Å²) in [5.41, 5.74) is 1.33. The molecule has 1 atom stereocenters. The summed E-state index contributed by atoms with van der Waals surface area (Å²) in [6.07, 6.45) is 6.18. The van der Waals surface area contributed by atoms with Gasteiger partial charge in [-0.3, -0.25) is 14.5 Å². The molecule has 0 spiro atoms. The van der Waals surface area contributed by atoms with Gasteiger partial charge in [0.05, 0.1) is 16.9 Å². The molecule has 7 nitrogen and oxygen atoms in total. The summed E-state index contributed by atoms with van der Waals surface area (Å²) in [6.45, 7) is 5.84. The summed E-state index contributed by atoms with van der Waals surface area (Å²) < 4.78 is 0. The first-order valence-electron chi connectivity index (χ1n) is 11.4. The molecule has 170 valence electrons. The molecule has 1 aromatic heterocycles. The quantitative estimate of drug-likeness (QED) is 0.239. The number of aromatic nitrogens is 1. The number of carbonyl (C=O) groups excluding carboxylic acids is 2. The van der Waals surface area contributed by atoms with E-state index in [9.17, 15) is 9.59 Å². The fourth-order valence-electron chi connectivity index (χ4n) is 4.38. The minimum absolute atomic E-state index is 0.173. The lowest BCUT2D eigenvalue weighted by molar-refractivity contribution is 0.0847. The molecule has 1 aromatic carbocycles. The van der Waals surface area contributed by atoms with E-state index in [1.165, 1.54) is 12.8 Å². The van der Waals surface area contributed by atoms with Gasteiger partial charge in [0, 0.05) is 24.8 Å². The SMILES string of the molecule is CCNCCCC1CCN(C(Cl)C(=O)c2ccc3c(c2)C(=O)Nc2cccnc2N3)CC1. The van der Waals surface area contributed by atoms with Crippen molar-refractivity contribution in [1.82, 2.24) is 15.2 Å². The van der Waals surface area contributed by atoms with Crippen molar-refractivity contribution in [2.45, 2.75) is 38.1 Å². The molecule has 0 aliphatic carbocycles. The predicted octanol–water partition coefficient (Wildman–Crippen LogP) is 4.24. The van der Waals surface area contributed by atoms with Crippen molar-refractivity contribution in [2.75, 3.05) is 36.8 Å². The van der Waals surface area contributed by atoms with E-state index in [0.29, 0.717) is 34.2 Å². The van der Waals surface area contributed by atoms with Crippen LogP contribution in [0.1, 0.15) is 53.3 Å². The van der Waals surface area contributed by atoms with Crippen molar-refractivity contribution < 1.29 is 9.59 Å². The van der Waals surface area contributed by atoms with Gasteiger partial charge in [0.2, 0.25) is 0 Å². The highest BCUT2D eigenvalue weighted by Crippen LogP contribution is 2.31. The molecule has 2 aromatic rings. The Balaban J connectivity index is 1.39. The van der Waals surface area contributed by atoms with Crippen molar-refractivity contribution in [1.29, 1.82) is 0 Å².